The van der Waals surface area contributed by atoms with Crippen LogP contribution in [-0.2, 0) is 13.1 Å². The number of urea groups is 1. The van der Waals surface area contributed by atoms with Gasteiger partial charge in [-0.3, -0.25) is 20.1 Å². The largest absolute Gasteiger partial charge is 0.324 e. The van der Waals surface area contributed by atoms with Gasteiger partial charge < -0.3 is 4.90 Å². The molecule has 0 atom stereocenters. The van der Waals surface area contributed by atoms with Crippen molar-refractivity contribution in [2.24, 2.45) is 0 Å². The summed E-state index contributed by atoms with van der Waals surface area (Å²) in [5, 5.41) is 11.2. The Bertz CT molecular complexity index is 1010. The fraction of sp³-hybridized carbons (Fsp3) is 0.0870. The lowest BCUT2D eigenvalue weighted by Gasteiger charge is -2.23. The molecule has 152 valence electrons. The van der Waals surface area contributed by atoms with Gasteiger partial charge in [0, 0.05) is 24.2 Å². The van der Waals surface area contributed by atoms with E-state index < -0.39 is 17.8 Å². The fourth-order valence-electron chi connectivity index (χ4n) is 2.89. The summed E-state index contributed by atoms with van der Waals surface area (Å²) in [6, 6.07) is 23.9. The van der Waals surface area contributed by atoms with Gasteiger partial charge in [-0.25, -0.2) is 10.3 Å². The monoisotopic (exact) mass is 403 g/mol. The Kier molecular flexibility index (Phi) is 6.91. The van der Waals surface area contributed by atoms with E-state index in [9.17, 15) is 14.4 Å². The number of carbonyl (C=O) groups is 3. The van der Waals surface area contributed by atoms with Gasteiger partial charge in [0.2, 0.25) is 0 Å². The van der Waals surface area contributed by atoms with Crippen molar-refractivity contribution in [2.75, 3.05) is 0 Å². The highest BCUT2D eigenvalue weighted by Crippen LogP contribution is 2.12. The van der Waals surface area contributed by atoms with Crippen LogP contribution >= 0.6 is 0 Å². The molecule has 0 saturated heterocycles. The molecule has 0 aliphatic rings. The third-order valence-electron chi connectivity index (χ3n) is 4.45. The Morgan fingerprint density at radius 1 is 0.667 bits per heavy atom. The average Bonchev–Trinajstić information content (AvgIpc) is 2.79. The molecular formula is C23H21N3O4. The average molecular weight is 403 g/mol. The van der Waals surface area contributed by atoms with Crippen molar-refractivity contribution in [3.8, 4) is 0 Å². The van der Waals surface area contributed by atoms with Crippen molar-refractivity contribution >= 4 is 17.8 Å². The molecule has 3 N–H and O–H groups in total. The van der Waals surface area contributed by atoms with Gasteiger partial charge in [-0.15, -0.1) is 0 Å². The van der Waals surface area contributed by atoms with Crippen LogP contribution in [0.15, 0.2) is 84.9 Å². The lowest BCUT2D eigenvalue weighted by atomic mass is 10.1. The van der Waals surface area contributed by atoms with Crippen LogP contribution in [0, 0.1) is 0 Å². The van der Waals surface area contributed by atoms with Gasteiger partial charge in [0.05, 0.1) is 0 Å². The van der Waals surface area contributed by atoms with Crippen LogP contribution in [0.3, 0.4) is 0 Å². The molecule has 0 aliphatic heterocycles. The van der Waals surface area contributed by atoms with E-state index in [-0.39, 0.29) is 6.54 Å². The SMILES string of the molecule is O=C(NO)c1ccc(CN(Cc2ccccc2)C(=O)NC(=O)c2ccccc2)cc1. The summed E-state index contributed by atoms with van der Waals surface area (Å²) < 4.78 is 0. The number of imide groups is 1. The normalized spacial score (nSPS) is 10.2. The quantitative estimate of drug-likeness (QED) is 0.434. The first-order valence-corrected chi connectivity index (χ1v) is 9.29. The third-order valence-corrected chi connectivity index (χ3v) is 4.45. The smallest absolute Gasteiger partial charge is 0.316 e. The van der Waals surface area contributed by atoms with Gasteiger partial charge in [-0.1, -0.05) is 60.7 Å². The highest BCUT2D eigenvalue weighted by molar-refractivity contribution is 6.04. The summed E-state index contributed by atoms with van der Waals surface area (Å²) >= 11 is 0. The number of nitrogens with one attached hydrogen (secondary N) is 2. The molecular weight excluding hydrogens is 382 g/mol. The van der Waals surface area contributed by atoms with Crippen molar-refractivity contribution in [1.29, 1.82) is 0 Å². The van der Waals surface area contributed by atoms with E-state index in [2.05, 4.69) is 5.32 Å². The van der Waals surface area contributed by atoms with E-state index in [1.807, 2.05) is 30.3 Å². The van der Waals surface area contributed by atoms with Gasteiger partial charge in [0.1, 0.15) is 0 Å². The summed E-state index contributed by atoms with van der Waals surface area (Å²) in [5.41, 5.74) is 3.94. The van der Waals surface area contributed by atoms with Crippen LogP contribution < -0.4 is 10.8 Å². The summed E-state index contributed by atoms with van der Waals surface area (Å²) in [5.74, 6) is -1.09. The summed E-state index contributed by atoms with van der Waals surface area (Å²) in [7, 11) is 0. The van der Waals surface area contributed by atoms with Gasteiger partial charge in [-0.2, -0.15) is 0 Å². The second-order valence-electron chi connectivity index (χ2n) is 6.60. The molecule has 0 spiro atoms. The summed E-state index contributed by atoms with van der Waals surface area (Å²) in [4.78, 5) is 38.2. The van der Waals surface area contributed by atoms with Crippen LogP contribution in [0.25, 0.3) is 0 Å². The number of hydrogen-bond acceptors (Lipinski definition) is 4. The molecule has 0 fully saturated rings. The van der Waals surface area contributed by atoms with Crippen LogP contribution in [0.5, 0.6) is 0 Å². The van der Waals surface area contributed by atoms with E-state index in [0.717, 1.165) is 11.1 Å². The number of rotatable bonds is 6. The molecule has 3 rings (SSSR count). The standard InChI is InChI=1S/C23H21N3O4/c27-21(19-9-5-2-6-10-19)24-23(29)26(15-17-7-3-1-4-8-17)16-18-11-13-20(14-12-18)22(28)25-30/h1-14,30H,15-16H2,(H,25,28)(H,24,27,29). The van der Waals surface area contributed by atoms with Crippen LogP contribution in [0.4, 0.5) is 4.79 Å². The number of hydrogen-bond donors (Lipinski definition) is 3. The van der Waals surface area contributed by atoms with Crippen molar-refractivity contribution in [2.45, 2.75) is 13.1 Å². The second kappa shape index (κ2) is 9.99. The number of benzene rings is 3. The molecule has 30 heavy (non-hydrogen) atoms. The maximum Gasteiger partial charge on any atom is 0.324 e. The van der Waals surface area contributed by atoms with E-state index in [1.54, 1.807) is 60.1 Å². The molecule has 4 amide bonds. The molecule has 3 aromatic carbocycles. The predicted molar refractivity (Wildman–Crippen MR) is 111 cm³/mol. The molecule has 0 aromatic heterocycles. The third kappa shape index (κ3) is 5.52. The van der Waals surface area contributed by atoms with E-state index >= 15 is 0 Å². The van der Waals surface area contributed by atoms with Gasteiger partial charge >= 0.3 is 6.03 Å². The minimum Gasteiger partial charge on any atom is -0.316 e. The zero-order chi connectivity index (χ0) is 21.3. The molecule has 7 nitrogen and oxygen atoms in total. The van der Waals surface area contributed by atoms with Crippen LogP contribution in [0.1, 0.15) is 31.8 Å². The summed E-state index contributed by atoms with van der Waals surface area (Å²) in [6.45, 7) is 0.525. The molecule has 0 radical (unpaired) electrons. The minimum absolute atomic E-state index is 0.226. The maximum absolute atomic E-state index is 12.9. The van der Waals surface area contributed by atoms with Gasteiger partial charge in [0.25, 0.3) is 11.8 Å². The Labute approximate surface area is 173 Å². The number of hydroxylamine groups is 1. The highest BCUT2D eigenvalue weighted by atomic mass is 16.5. The van der Waals surface area contributed by atoms with E-state index in [1.165, 1.54) is 4.90 Å². The number of nitrogens with zero attached hydrogens (tertiary/aromatic N) is 1. The van der Waals surface area contributed by atoms with E-state index in [0.29, 0.717) is 17.7 Å². The molecule has 7 heteroatoms. The van der Waals surface area contributed by atoms with Crippen molar-refractivity contribution in [3.05, 3.63) is 107 Å². The molecule has 3 aromatic rings. The lowest BCUT2D eigenvalue weighted by Crippen LogP contribution is -2.42. The van der Waals surface area contributed by atoms with Crippen molar-refractivity contribution < 1.29 is 19.6 Å². The van der Waals surface area contributed by atoms with Gasteiger partial charge in [-0.05, 0) is 35.4 Å². The van der Waals surface area contributed by atoms with Crippen LogP contribution in [-0.4, -0.2) is 28.0 Å². The van der Waals surface area contributed by atoms with E-state index in [4.69, 9.17) is 5.21 Å². The first kappa shape index (κ1) is 20.8. The Morgan fingerprint density at radius 2 is 1.17 bits per heavy atom. The number of carbonyl (C=O) groups excluding carboxylic acids is 3. The lowest BCUT2D eigenvalue weighted by molar-refractivity contribution is 0.0706. The zero-order valence-corrected chi connectivity index (χ0v) is 16.1. The molecule has 0 heterocycles. The molecule has 0 bridgehead atoms. The van der Waals surface area contributed by atoms with Crippen molar-refractivity contribution in [1.82, 2.24) is 15.7 Å². The zero-order valence-electron chi connectivity index (χ0n) is 16.1. The fourth-order valence-corrected chi connectivity index (χ4v) is 2.89. The van der Waals surface area contributed by atoms with Gasteiger partial charge in [0.15, 0.2) is 0 Å². The Morgan fingerprint density at radius 3 is 1.73 bits per heavy atom. The topological polar surface area (TPSA) is 98.7 Å². The molecule has 0 unspecified atom stereocenters. The highest BCUT2D eigenvalue weighted by Gasteiger charge is 2.18. The second-order valence-corrected chi connectivity index (χ2v) is 6.60. The Hall–Kier alpha value is -3.97. The number of amides is 4. The molecule has 0 saturated carbocycles. The first-order valence-electron chi connectivity index (χ1n) is 9.29. The summed E-state index contributed by atoms with van der Waals surface area (Å²) in [6.07, 6.45) is 0. The van der Waals surface area contributed by atoms with Crippen LogP contribution in [0.2, 0.25) is 0 Å². The van der Waals surface area contributed by atoms with Crippen molar-refractivity contribution in [3.63, 3.8) is 0 Å². The maximum atomic E-state index is 12.9. The molecule has 0 aliphatic carbocycles. The predicted octanol–water partition coefficient (Wildman–Crippen LogP) is 3.36. The minimum atomic E-state index is -0.617. The Balaban J connectivity index is 1.76. The first-order chi connectivity index (χ1) is 14.6.